The lowest BCUT2D eigenvalue weighted by Crippen LogP contribution is -2.16. The summed E-state index contributed by atoms with van der Waals surface area (Å²) < 4.78 is 12.5. The van der Waals surface area contributed by atoms with Crippen LogP contribution in [0.4, 0.5) is 5.69 Å². The van der Waals surface area contributed by atoms with Crippen LogP contribution in [0.1, 0.15) is 23.1 Å². The zero-order valence-corrected chi connectivity index (χ0v) is 17.4. The number of carbonyl (C=O) groups is 1. The van der Waals surface area contributed by atoms with Crippen LogP contribution < -0.4 is 15.7 Å². The molecule has 7 heteroatoms. The third kappa shape index (κ3) is 4.66. The van der Waals surface area contributed by atoms with Crippen molar-refractivity contribution < 1.29 is 13.9 Å². The molecule has 0 fully saturated rings. The second-order valence-electron chi connectivity index (χ2n) is 7.30. The number of amides is 1. The van der Waals surface area contributed by atoms with Gasteiger partial charge in [0.25, 0.3) is 0 Å². The molecule has 2 heterocycles. The second-order valence-corrected chi connectivity index (χ2v) is 7.30. The van der Waals surface area contributed by atoms with Crippen molar-refractivity contribution in [3.05, 3.63) is 88.0 Å². The first-order valence-electron chi connectivity index (χ1n) is 10.00. The number of hydrogen-bond acceptors (Lipinski definition) is 5. The number of benzene rings is 2. The first-order valence-corrected chi connectivity index (χ1v) is 10.00. The van der Waals surface area contributed by atoms with Gasteiger partial charge in [0, 0.05) is 41.5 Å². The van der Waals surface area contributed by atoms with Gasteiger partial charge in [-0.3, -0.25) is 9.48 Å². The molecule has 31 heavy (non-hydrogen) atoms. The van der Waals surface area contributed by atoms with E-state index in [4.69, 9.17) is 9.15 Å². The average molecular weight is 417 g/mol. The standard InChI is InChI=1S/C24H23N3O4/c1-16-20-9-8-19(30-2)14-22(20)31-24(29)21(16)10-11-23(28)26-18-6-4-17(5-7-18)15-27-13-3-12-25-27/h3-9,12-14H,10-11,15H2,1-2H3,(H,26,28). The highest BCUT2D eigenvalue weighted by Gasteiger charge is 2.14. The lowest BCUT2D eigenvalue weighted by atomic mass is 10.0. The van der Waals surface area contributed by atoms with Crippen molar-refractivity contribution in [1.82, 2.24) is 9.78 Å². The zero-order valence-electron chi connectivity index (χ0n) is 17.4. The maximum atomic E-state index is 12.4. The number of carbonyl (C=O) groups excluding carboxylic acids is 1. The van der Waals surface area contributed by atoms with Gasteiger partial charge in [-0.15, -0.1) is 0 Å². The lowest BCUT2D eigenvalue weighted by molar-refractivity contribution is -0.116. The van der Waals surface area contributed by atoms with E-state index in [1.165, 1.54) is 0 Å². The summed E-state index contributed by atoms with van der Waals surface area (Å²) in [6.07, 6.45) is 4.13. The quantitative estimate of drug-likeness (QED) is 0.461. The first kappa shape index (κ1) is 20.4. The molecular formula is C24H23N3O4. The van der Waals surface area contributed by atoms with E-state index in [9.17, 15) is 9.59 Å². The molecule has 0 spiro atoms. The van der Waals surface area contributed by atoms with E-state index in [2.05, 4.69) is 10.4 Å². The number of aromatic nitrogens is 2. The molecule has 0 bridgehead atoms. The Morgan fingerprint density at radius 2 is 2.00 bits per heavy atom. The molecule has 2 aromatic heterocycles. The molecule has 1 amide bonds. The van der Waals surface area contributed by atoms with Crippen molar-refractivity contribution in [2.45, 2.75) is 26.3 Å². The lowest BCUT2D eigenvalue weighted by Gasteiger charge is -2.10. The molecule has 4 aromatic rings. The van der Waals surface area contributed by atoms with Crippen LogP contribution in [-0.2, 0) is 17.8 Å². The summed E-state index contributed by atoms with van der Waals surface area (Å²) >= 11 is 0. The maximum absolute atomic E-state index is 12.4. The molecule has 0 radical (unpaired) electrons. The number of aryl methyl sites for hydroxylation is 1. The Balaban J connectivity index is 1.40. The van der Waals surface area contributed by atoms with Crippen LogP contribution in [0.5, 0.6) is 5.75 Å². The Hall–Kier alpha value is -3.87. The molecule has 0 aliphatic heterocycles. The molecule has 158 valence electrons. The van der Waals surface area contributed by atoms with Crippen molar-refractivity contribution in [3.63, 3.8) is 0 Å². The number of nitrogens with one attached hydrogen (secondary N) is 1. The van der Waals surface area contributed by atoms with Crippen LogP contribution in [0.25, 0.3) is 11.0 Å². The van der Waals surface area contributed by atoms with Crippen LogP contribution >= 0.6 is 0 Å². The summed E-state index contributed by atoms with van der Waals surface area (Å²) in [6.45, 7) is 2.54. The van der Waals surface area contributed by atoms with Crippen molar-refractivity contribution in [1.29, 1.82) is 0 Å². The van der Waals surface area contributed by atoms with Crippen LogP contribution in [0.2, 0.25) is 0 Å². The fourth-order valence-corrected chi connectivity index (χ4v) is 3.53. The number of nitrogens with zero attached hydrogens (tertiary/aromatic N) is 2. The van der Waals surface area contributed by atoms with Crippen molar-refractivity contribution >= 4 is 22.6 Å². The van der Waals surface area contributed by atoms with Gasteiger partial charge in [-0.05, 0) is 54.8 Å². The average Bonchev–Trinajstić information content (AvgIpc) is 3.27. The monoisotopic (exact) mass is 417 g/mol. The minimum atomic E-state index is -0.422. The molecule has 0 saturated carbocycles. The molecule has 0 aliphatic carbocycles. The molecule has 4 rings (SSSR count). The number of hydrogen-bond donors (Lipinski definition) is 1. The Kier molecular flexibility index (Phi) is 5.84. The number of anilines is 1. The van der Waals surface area contributed by atoms with E-state index in [-0.39, 0.29) is 12.3 Å². The molecule has 2 aromatic carbocycles. The molecular weight excluding hydrogens is 394 g/mol. The number of ether oxygens (including phenoxy) is 1. The van der Waals surface area contributed by atoms with E-state index in [1.54, 1.807) is 19.4 Å². The molecule has 0 atom stereocenters. The number of fused-ring (bicyclic) bond motifs is 1. The topological polar surface area (TPSA) is 86.4 Å². The smallest absolute Gasteiger partial charge is 0.339 e. The van der Waals surface area contributed by atoms with Crippen LogP contribution in [0, 0.1) is 6.92 Å². The van der Waals surface area contributed by atoms with E-state index in [1.807, 2.05) is 60.3 Å². The van der Waals surface area contributed by atoms with Crippen molar-refractivity contribution in [2.24, 2.45) is 0 Å². The largest absolute Gasteiger partial charge is 0.497 e. The minimum Gasteiger partial charge on any atom is -0.497 e. The van der Waals surface area contributed by atoms with Gasteiger partial charge in [0.2, 0.25) is 5.91 Å². The predicted octanol–water partition coefficient (Wildman–Crippen LogP) is 3.93. The molecule has 0 aliphatic rings. The highest BCUT2D eigenvalue weighted by atomic mass is 16.5. The SMILES string of the molecule is COc1ccc2c(C)c(CCC(=O)Nc3ccc(Cn4cccn4)cc3)c(=O)oc2c1. The van der Waals surface area contributed by atoms with Crippen molar-refractivity contribution in [2.75, 3.05) is 12.4 Å². The third-order valence-electron chi connectivity index (χ3n) is 5.24. The van der Waals surface area contributed by atoms with E-state index < -0.39 is 5.63 Å². The van der Waals surface area contributed by atoms with E-state index in [0.717, 1.165) is 16.5 Å². The summed E-state index contributed by atoms with van der Waals surface area (Å²) in [5, 5.41) is 7.90. The summed E-state index contributed by atoms with van der Waals surface area (Å²) in [6, 6.07) is 14.9. The minimum absolute atomic E-state index is 0.159. The zero-order chi connectivity index (χ0) is 21.8. The van der Waals surface area contributed by atoms with Gasteiger partial charge in [0.05, 0.1) is 13.7 Å². The molecule has 0 unspecified atom stereocenters. The maximum Gasteiger partial charge on any atom is 0.339 e. The fourth-order valence-electron chi connectivity index (χ4n) is 3.53. The Morgan fingerprint density at radius 3 is 2.71 bits per heavy atom. The Morgan fingerprint density at radius 1 is 1.19 bits per heavy atom. The van der Waals surface area contributed by atoms with Crippen LogP contribution in [0.3, 0.4) is 0 Å². The molecule has 0 saturated heterocycles. The van der Waals surface area contributed by atoms with E-state index >= 15 is 0 Å². The Labute approximate surface area is 179 Å². The number of methoxy groups -OCH3 is 1. The highest BCUT2D eigenvalue weighted by molar-refractivity contribution is 5.91. The first-order chi connectivity index (χ1) is 15.0. The highest BCUT2D eigenvalue weighted by Crippen LogP contribution is 2.24. The van der Waals surface area contributed by atoms with Gasteiger partial charge in [-0.2, -0.15) is 5.10 Å². The van der Waals surface area contributed by atoms with Gasteiger partial charge >= 0.3 is 5.63 Å². The normalized spacial score (nSPS) is 10.9. The summed E-state index contributed by atoms with van der Waals surface area (Å²) in [5.74, 6) is 0.464. The third-order valence-corrected chi connectivity index (χ3v) is 5.24. The van der Waals surface area contributed by atoms with Crippen LogP contribution in [-0.4, -0.2) is 22.8 Å². The van der Waals surface area contributed by atoms with Gasteiger partial charge in [-0.25, -0.2) is 4.79 Å². The molecule has 1 N–H and O–H groups in total. The number of rotatable bonds is 7. The summed E-state index contributed by atoms with van der Waals surface area (Å²) in [7, 11) is 1.56. The summed E-state index contributed by atoms with van der Waals surface area (Å²) in [5.41, 5.74) is 3.19. The van der Waals surface area contributed by atoms with Crippen molar-refractivity contribution in [3.8, 4) is 5.75 Å². The fraction of sp³-hybridized carbons (Fsp3) is 0.208. The van der Waals surface area contributed by atoms with Crippen LogP contribution in [0.15, 0.2) is 70.1 Å². The molecule has 7 nitrogen and oxygen atoms in total. The van der Waals surface area contributed by atoms with Gasteiger partial charge in [0.15, 0.2) is 0 Å². The predicted molar refractivity (Wildman–Crippen MR) is 118 cm³/mol. The summed E-state index contributed by atoms with van der Waals surface area (Å²) in [4.78, 5) is 24.9. The van der Waals surface area contributed by atoms with Gasteiger partial charge < -0.3 is 14.5 Å². The van der Waals surface area contributed by atoms with Gasteiger partial charge in [-0.1, -0.05) is 12.1 Å². The Bertz CT molecular complexity index is 1260. The van der Waals surface area contributed by atoms with E-state index in [0.29, 0.717) is 35.5 Å². The second kappa shape index (κ2) is 8.87. The van der Waals surface area contributed by atoms with Gasteiger partial charge in [0.1, 0.15) is 11.3 Å².